The zero-order valence-electron chi connectivity index (χ0n) is 20.4. The number of rotatable bonds is 11. The van der Waals surface area contributed by atoms with Crippen molar-refractivity contribution in [2.75, 3.05) is 20.3 Å². The summed E-state index contributed by atoms with van der Waals surface area (Å²) in [5.74, 6) is 1.30. The van der Waals surface area contributed by atoms with Crippen molar-refractivity contribution in [1.29, 1.82) is 0 Å². The van der Waals surface area contributed by atoms with Crippen LogP contribution in [-0.4, -0.2) is 43.0 Å². The molecule has 2 rings (SSSR count). The first-order valence-corrected chi connectivity index (χ1v) is 12.0. The van der Waals surface area contributed by atoms with Gasteiger partial charge < -0.3 is 19.7 Å². The largest absolute Gasteiger partial charge is 0.497 e. The van der Waals surface area contributed by atoms with Gasteiger partial charge in [-0.15, -0.1) is 0 Å². The fourth-order valence-corrected chi connectivity index (χ4v) is 3.72. The van der Waals surface area contributed by atoms with Crippen molar-refractivity contribution in [3.8, 4) is 11.5 Å². The van der Waals surface area contributed by atoms with Crippen LogP contribution in [0.1, 0.15) is 43.9 Å². The second-order valence-corrected chi connectivity index (χ2v) is 9.39. The summed E-state index contributed by atoms with van der Waals surface area (Å²) in [6.07, 6.45) is 0.502. The minimum absolute atomic E-state index is 0.148. The molecule has 180 valence electrons. The number of aryl methyl sites for hydroxylation is 2. The predicted molar refractivity (Wildman–Crippen MR) is 135 cm³/mol. The molecule has 1 atom stereocenters. The van der Waals surface area contributed by atoms with Gasteiger partial charge in [-0.05, 0) is 67.1 Å². The summed E-state index contributed by atoms with van der Waals surface area (Å²) < 4.78 is 12.1. The molecule has 0 saturated heterocycles. The molecule has 0 spiro atoms. The van der Waals surface area contributed by atoms with Gasteiger partial charge >= 0.3 is 0 Å². The van der Waals surface area contributed by atoms with Crippen LogP contribution in [-0.2, 0) is 16.1 Å². The molecule has 6 nitrogen and oxygen atoms in total. The lowest BCUT2D eigenvalue weighted by Crippen LogP contribution is -2.50. The molecule has 0 bridgehead atoms. The van der Waals surface area contributed by atoms with Crippen molar-refractivity contribution in [3.05, 3.63) is 57.6 Å². The maximum Gasteiger partial charge on any atom is 0.261 e. The topological polar surface area (TPSA) is 67.9 Å². The van der Waals surface area contributed by atoms with E-state index in [2.05, 4.69) is 21.2 Å². The number of ether oxygens (including phenoxy) is 2. The lowest BCUT2D eigenvalue weighted by Gasteiger charge is -2.31. The Hall–Kier alpha value is -2.54. The molecule has 0 heterocycles. The third-order valence-corrected chi connectivity index (χ3v) is 6.61. The highest BCUT2D eigenvalue weighted by Gasteiger charge is 2.29. The Kier molecular flexibility index (Phi) is 10.2. The van der Waals surface area contributed by atoms with Crippen molar-refractivity contribution >= 4 is 27.7 Å². The highest BCUT2D eigenvalue weighted by Crippen LogP contribution is 2.26. The highest BCUT2D eigenvalue weighted by molar-refractivity contribution is 9.10. The molecule has 1 unspecified atom stereocenters. The van der Waals surface area contributed by atoms with Crippen LogP contribution < -0.4 is 14.8 Å². The van der Waals surface area contributed by atoms with E-state index in [0.29, 0.717) is 31.2 Å². The molecule has 0 radical (unpaired) electrons. The first-order valence-electron chi connectivity index (χ1n) is 11.3. The van der Waals surface area contributed by atoms with Gasteiger partial charge in [0, 0.05) is 17.6 Å². The highest BCUT2D eigenvalue weighted by atomic mass is 79.9. The molecule has 2 aromatic carbocycles. The summed E-state index contributed by atoms with van der Waals surface area (Å²) in [6, 6.07) is 10.7. The first kappa shape index (κ1) is 26.7. The number of hydrogen-bond donors (Lipinski definition) is 1. The van der Waals surface area contributed by atoms with Gasteiger partial charge in [-0.3, -0.25) is 9.59 Å². The molecular weight excluding hydrogens is 484 g/mol. The van der Waals surface area contributed by atoms with E-state index < -0.39 is 6.04 Å². The summed E-state index contributed by atoms with van der Waals surface area (Å²) >= 11 is 3.55. The first-order chi connectivity index (χ1) is 15.7. The van der Waals surface area contributed by atoms with Crippen LogP contribution in [0.15, 0.2) is 40.9 Å². The van der Waals surface area contributed by atoms with Crippen LogP contribution in [0.3, 0.4) is 0 Å². The average Bonchev–Trinajstić information content (AvgIpc) is 2.79. The number of benzene rings is 2. The van der Waals surface area contributed by atoms with Crippen LogP contribution in [0.5, 0.6) is 11.5 Å². The Balaban J connectivity index is 2.23. The molecule has 33 heavy (non-hydrogen) atoms. The quantitative estimate of drug-likeness (QED) is 0.452. The van der Waals surface area contributed by atoms with Crippen molar-refractivity contribution in [2.45, 2.75) is 53.6 Å². The molecule has 7 heteroatoms. The van der Waals surface area contributed by atoms with Crippen LogP contribution in [0, 0.1) is 19.8 Å². The van der Waals surface area contributed by atoms with Crippen molar-refractivity contribution in [3.63, 3.8) is 0 Å². The standard InChI is InChI=1S/C26H35BrN2O4/c1-7-23(26(31)28-14-17(2)3)29(15-20-8-10-21(32-6)11-9-20)24(30)16-33-22-12-18(4)25(27)19(5)13-22/h8-13,17,23H,7,14-16H2,1-6H3,(H,28,31). The second kappa shape index (κ2) is 12.6. The molecule has 0 aliphatic carbocycles. The molecular formula is C26H35BrN2O4. The summed E-state index contributed by atoms with van der Waals surface area (Å²) in [6.45, 7) is 10.7. The third kappa shape index (κ3) is 7.77. The van der Waals surface area contributed by atoms with Crippen LogP contribution in [0.25, 0.3) is 0 Å². The van der Waals surface area contributed by atoms with Crippen molar-refractivity contribution in [1.82, 2.24) is 10.2 Å². The van der Waals surface area contributed by atoms with Crippen LogP contribution >= 0.6 is 15.9 Å². The van der Waals surface area contributed by atoms with E-state index in [1.807, 2.05) is 71.0 Å². The van der Waals surface area contributed by atoms with Gasteiger partial charge in [-0.2, -0.15) is 0 Å². The summed E-state index contributed by atoms with van der Waals surface area (Å²) in [5.41, 5.74) is 2.98. The zero-order chi connectivity index (χ0) is 24.5. The Bertz CT molecular complexity index is 921. The third-order valence-electron chi connectivity index (χ3n) is 5.35. The second-order valence-electron chi connectivity index (χ2n) is 8.59. The number of carbonyl (C=O) groups excluding carboxylic acids is 2. The Morgan fingerprint density at radius 2 is 1.67 bits per heavy atom. The maximum absolute atomic E-state index is 13.3. The van der Waals surface area contributed by atoms with Gasteiger partial charge in [-0.25, -0.2) is 0 Å². The Morgan fingerprint density at radius 3 is 2.18 bits per heavy atom. The van der Waals surface area contributed by atoms with E-state index in [1.54, 1.807) is 12.0 Å². The van der Waals surface area contributed by atoms with Gasteiger partial charge in [0.1, 0.15) is 17.5 Å². The minimum atomic E-state index is -0.588. The van der Waals surface area contributed by atoms with Gasteiger partial charge in [0.25, 0.3) is 5.91 Å². The Morgan fingerprint density at radius 1 is 1.06 bits per heavy atom. The number of amides is 2. The van der Waals surface area contributed by atoms with Gasteiger partial charge in [-0.1, -0.05) is 48.8 Å². The van der Waals surface area contributed by atoms with E-state index in [1.165, 1.54) is 0 Å². The number of methoxy groups -OCH3 is 1. The fraction of sp³-hybridized carbons (Fsp3) is 0.462. The number of nitrogens with zero attached hydrogens (tertiary/aromatic N) is 1. The monoisotopic (exact) mass is 518 g/mol. The van der Waals surface area contributed by atoms with E-state index in [-0.39, 0.29) is 18.4 Å². The molecule has 1 N–H and O–H groups in total. The number of halogens is 1. The van der Waals surface area contributed by atoms with Gasteiger partial charge in [0.05, 0.1) is 7.11 Å². The smallest absolute Gasteiger partial charge is 0.261 e. The van der Waals surface area contributed by atoms with E-state index in [4.69, 9.17) is 9.47 Å². The molecule has 2 aromatic rings. The predicted octanol–water partition coefficient (Wildman–Crippen LogP) is 5.03. The van der Waals surface area contributed by atoms with Crippen molar-refractivity contribution in [2.24, 2.45) is 5.92 Å². The maximum atomic E-state index is 13.3. The number of carbonyl (C=O) groups is 2. The Labute approximate surface area is 205 Å². The zero-order valence-corrected chi connectivity index (χ0v) is 22.0. The molecule has 0 fully saturated rings. The molecule has 2 amide bonds. The normalized spacial score (nSPS) is 11.8. The van der Waals surface area contributed by atoms with Crippen molar-refractivity contribution < 1.29 is 19.1 Å². The average molecular weight is 519 g/mol. The van der Waals surface area contributed by atoms with E-state index in [0.717, 1.165) is 26.9 Å². The summed E-state index contributed by atoms with van der Waals surface area (Å²) in [7, 11) is 1.61. The van der Waals surface area contributed by atoms with Gasteiger partial charge in [0.2, 0.25) is 5.91 Å². The summed E-state index contributed by atoms with van der Waals surface area (Å²) in [5, 5.41) is 2.97. The molecule has 0 saturated carbocycles. The summed E-state index contributed by atoms with van der Waals surface area (Å²) in [4.78, 5) is 27.9. The SMILES string of the molecule is CCC(C(=O)NCC(C)C)N(Cc1ccc(OC)cc1)C(=O)COc1cc(C)c(Br)c(C)c1. The lowest BCUT2D eigenvalue weighted by atomic mass is 10.1. The number of nitrogens with one attached hydrogen (secondary N) is 1. The number of hydrogen-bond acceptors (Lipinski definition) is 4. The van der Waals surface area contributed by atoms with E-state index >= 15 is 0 Å². The van der Waals surface area contributed by atoms with Crippen LogP contribution in [0.2, 0.25) is 0 Å². The fourth-order valence-electron chi connectivity index (χ4n) is 3.49. The van der Waals surface area contributed by atoms with E-state index in [9.17, 15) is 9.59 Å². The molecule has 0 aromatic heterocycles. The lowest BCUT2D eigenvalue weighted by molar-refractivity contribution is -0.143. The molecule has 0 aliphatic rings. The minimum Gasteiger partial charge on any atom is -0.497 e. The molecule has 0 aliphatic heterocycles. The van der Waals surface area contributed by atoms with Crippen LogP contribution in [0.4, 0.5) is 0 Å². The van der Waals surface area contributed by atoms with Gasteiger partial charge in [0.15, 0.2) is 6.61 Å².